The molecule has 0 atom stereocenters. The highest BCUT2D eigenvalue weighted by molar-refractivity contribution is 7.92. The molecule has 12 heteroatoms. The third kappa shape index (κ3) is 5.08. The van der Waals surface area contributed by atoms with Crippen LogP contribution in [0.5, 0.6) is 11.5 Å². The van der Waals surface area contributed by atoms with Crippen LogP contribution in [0.25, 0.3) is 11.1 Å². The molecule has 1 aliphatic rings. The third-order valence-corrected chi connectivity index (χ3v) is 7.18. The van der Waals surface area contributed by atoms with Crippen molar-refractivity contribution < 1.29 is 36.6 Å². The molecule has 4 bridgehead atoms. The van der Waals surface area contributed by atoms with Gasteiger partial charge in [0.15, 0.2) is 5.75 Å². The van der Waals surface area contributed by atoms with E-state index in [0.29, 0.717) is 6.07 Å². The smallest absolute Gasteiger partial charge is 0.265 e. The van der Waals surface area contributed by atoms with Crippen molar-refractivity contribution in [3.05, 3.63) is 70.8 Å². The van der Waals surface area contributed by atoms with Gasteiger partial charge in [-0.15, -0.1) is 0 Å². The second-order valence-corrected chi connectivity index (χ2v) is 9.91. The summed E-state index contributed by atoms with van der Waals surface area (Å²) in [5.41, 5.74) is -0.593. The van der Waals surface area contributed by atoms with Crippen molar-refractivity contribution in [1.82, 2.24) is 4.90 Å². The average Bonchev–Trinajstić information content (AvgIpc) is 2.84. The Morgan fingerprint density at radius 3 is 2.64 bits per heavy atom. The second-order valence-electron chi connectivity index (χ2n) is 7.85. The fourth-order valence-corrected chi connectivity index (χ4v) is 5.19. The number of methoxy groups -OCH3 is 1. The van der Waals surface area contributed by atoms with Gasteiger partial charge in [-0.25, -0.2) is 17.2 Å². The Bertz CT molecular complexity index is 1430. The first kappa shape index (κ1) is 25.7. The van der Waals surface area contributed by atoms with E-state index in [2.05, 4.69) is 0 Å². The summed E-state index contributed by atoms with van der Waals surface area (Å²) in [6.07, 6.45) is 0. The van der Waals surface area contributed by atoms with Crippen molar-refractivity contribution >= 4 is 33.2 Å². The lowest BCUT2D eigenvalue weighted by Crippen LogP contribution is -2.37. The standard InChI is InChI=1S/C24H21ClF2N2O6S/c1-34-8-6-29-7-9-35-21-5-3-2-4-15(21)16-12-20(19(27)13-18(16)26)28-36(32,33)22-11-14(24(29)31)10-17(25)23(22)30/h2-5,10-13,28,30H,6-9H2,1H3. The Balaban J connectivity index is 1.93. The first-order valence-electron chi connectivity index (χ1n) is 10.7. The maximum atomic E-state index is 14.8. The Kier molecular flexibility index (Phi) is 7.34. The number of aromatic hydroxyl groups is 1. The van der Waals surface area contributed by atoms with Gasteiger partial charge in [0.1, 0.15) is 28.9 Å². The van der Waals surface area contributed by atoms with E-state index in [1.54, 1.807) is 18.2 Å². The molecule has 3 aromatic rings. The van der Waals surface area contributed by atoms with Gasteiger partial charge < -0.3 is 19.5 Å². The van der Waals surface area contributed by atoms with Gasteiger partial charge in [0.25, 0.3) is 15.9 Å². The van der Waals surface area contributed by atoms with Gasteiger partial charge in [0, 0.05) is 36.4 Å². The van der Waals surface area contributed by atoms with Crippen LogP contribution in [0.1, 0.15) is 10.4 Å². The third-order valence-electron chi connectivity index (χ3n) is 5.51. The number of phenols is 1. The first-order valence-corrected chi connectivity index (χ1v) is 12.5. The van der Waals surface area contributed by atoms with E-state index in [0.717, 1.165) is 18.2 Å². The number of ether oxygens (including phenoxy) is 2. The first-order chi connectivity index (χ1) is 17.1. The minimum absolute atomic E-state index is 0.00262. The van der Waals surface area contributed by atoms with Gasteiger partial charge in [-0.2, -0.15) is 0 Å². The number of phenolic OH excluding ortho intramolecular Hbond substituents is 1. The minimum atomic E-state index is -4.67. The molecule has 0 fully saturated rings. The van der Waals surface area contributed by atoms with E-state index in [9.17, 15) is 27.1 Å². The predicted octanol–water partition coefficient (Wildman–Crippen LogP) is 4.27. The van der Waals surface area contributed by atoms with Crippen LogP contribution in [0, 0.1) is 11.6 Å². The molecular weight excluding hydrogens is 518 g/mol. The Morgan fingerprint density at radius 2 is 1.89 bits per heavy atom. The number of halogens is 3. The number of para-hydroxylation sites is 1. The highest BCUT2D eigenvalue weighted by Gasteiger charge is 2.27. The number of hydrogen-bond acceptors (Lipinski definition) is 6. The lowest BCUT2D eigenvalue weighted by atomic mass is 10.0. The van der Waals surface area contributed by atoms with E-state index in [4.69, 9.17) is 21.1 Å². The Labute approximate surface area is 211 Å². The summed E-state index contributed by atoms with van der Waals surface area (Å²) >= 11 is 6.05. The normalized spacial score (nSPS) is 15.2. The van der Waals surface area contributed by atoms with Crippen LogP contribution < -0.4 is 9.46 Å². The zero-order valence-corrected chi connectivity index (χ0v) is 20.5. The molecule has 8 nitrogen and oxygen atoms in total. The van der Waals surface area contributed by atoms with Gasteiger partial charge in [-0.05, 0) is 24.3 Å². The van der Waals surface area contributed by atoms with E-state index < -0.39 is 48.9 Å². The molecule has 0 radical (unpaired) electrons. The molecule has 190 valence electrons. The van der Waals surface area contributed by atoms with Crippen LogP contribution in [0.4, 0.5) is 14.5 Å². The maximum absolute atomic E-state index is 14.8. The summed E-state index contributed by atoms with van der Waals surface area (Å²) in [5.74, 6) is -3.32. The number of carbonyl (C=O) groups is 1. The molecule has 3 aromatic carbocycles. The number of amides is 1. The topological polar surface area (TPSA) is 105 Å². The molecule has 0 aromatic heterocycles. The summed E-state index contributed by atoms with van der Waals surface area (Å²) in [6.45, 7) is 0.376. The van der Waals surface area contributed by atoms with Crippen LogP contribution in [0.2, 0.25) is 5.02 Å². The summed E-state index contributed by atoms with van der Waals surface area (Å²) < 4.78 is 68.7. The van der Waals surface area contributed by atoms with Gasteiger partial charge in [0.05, 0.1) is 23.9 Å². The van der Waals surface area contributed by atoms with E-state index in [1.807, 2.05) is 4.72 Å². The number of benzene rings is 3. The molecule has 1 aliphatic heterocycles. The van der Waals surface area contributed by atoms with Gasteiger partial charge >= 0.3 is 0 Å². The number of anilines is 1. The van der Waals surface area contributed by atoms with Crippen LogP contribution in [0.3, 0.4) is 0 Å². The molecule has 4 rings (SSSR count). The van der Waals surface area contributed by atoms with Crippen molar-refractivity contribution in [3.63, 3.8) is 0 Å². The molecule has 0 unspecified atom stereocenters. The Hall–Kier alpha value is -3.41. The van der Waals surface area contributed by atoms with E-state index >= 15 is 0 Å². The molecule has 1 heterocycles. The number of fused-ring (bicyclic) bond motifs is 6. The molecule has 0 saturated heterocycles. The fourth-order valence-electron chi connectivity index (χ4n) is 3.72. The van der Waals surface area contributed by atoms with Crippen LogP contribution >= 0.6 is 11.6 Å². The summed E-state index contributed by atoms with van der Waals surface area (Å²) in [4.78, 5) is 13.9. The molecule has 36 heavy (non-hydrogen) atoms. The predicted molar refractivity (Wildman–Crippen MR) is 129 cm³/mol. The zero-order valence-electron chi connectivity index (χ0n) is 18.9. The maximum Gasteiger partial charge on any atom is 0.265 e. The average molecular weight is 539 g/mol. The Morgan fingerprint density at radius 1 is 1.14 bits per heavy atom. The highest BCUT2D eigenvalue weighted by atomic mass is 35.5. The van der Waals surface area contributed by atoms with Crippen LogP contribution in [0.15, 0.2) is 53.4 Å². The van der Waals surface area contributed by atoms with Crippen molar-refractivity contribution in [1.29, 1.82) is 0 Å². The van der Waals surface area contributed by atoms with Crippen molar-refractivity contribution in [3.8, 4) is 22.6 Å². The number of rotatable bonds is 3. The number of carbonyl (C=O) groups excluding carboxylic acids is 1. The van der Waals surface area contributed by atoms with Crippen molar-refractivity contribution in [2.75, 3.05) is 38.1 Å². The number of nitrogens with zero attached hydrogens (tertiary/aromatic N) is 1. The molecule has 1 amide bonds. The molecule has 0 aliphatic carbocycles. The largest absolute Gasteiger partial charge is 0.505 e. The van der Waals surface area contributed by atoms with Crippen LogP contribution in [-0.2, 0) is 14.8 Å². The summed E-state index contributed by atoms with van der Waals surface area (Å²) in [7, 11) is -3.22. The lowest BCUT2D eigenvalue weighted by Gasteiger charge is -2.23. The minimum Gasteiger partial charge on any atom is -0.505 e. The number of hydrogen-bond donors (Lipinski definition) is 2. The second kappa shape index (κ2) is 10.3. The monoisotopic (exact) mass is 538 g/mol. The molecule has 2 N–H and O–H groups in total. The SMILES string of the molecule is COCCN1CCOc2ccccc2-c2cc(c(F)cc2F)NS(=O)(=O)c2cc(cc(Cl)c2O)C1=O. The highest BCUT2D eigenvalue weighted by Crippen LogP contribution is 2.37. The molecular formula is C24H21ClF2N2O6S. The number of nitrogens with one attached hydrogen (secondary N) is 1. The van der Waals surface area contributed by atoms with Crippen molar-refractivity contribution in [2.24, 2.45) is 0 Å². The van der Waals surface area contributed by atoms with Gasteiger partial charge in [-0.1, -0.05) is 29.8 Å². The quantitative estimate of drug-likeness (QED) is 0.516. The van der Waals surface area contributed by atoms with Crippen molar-refractivity contribution in [2.45, 2.75) is 4.90 Å². The molecule has 0 saturated carbocycles. The van der Waals surface area contributed by atoms with Crippen LogP contribution in [-0.4, -0.2) is 57.7 Å². The van der Waals surface area contributed by atoms with E-state index in [-0.39, 0.29) is 48.7 Å². The summed E-state index contributed by atoms with van der Waals surface area (Å²) in [6, 6.07) is 9.97. The van der Waals surface area contributed by atoms with Gasteiger partial charge in [-0.3, -0.25) is 9.52 Å². The summed E-state index contributed by atoms with van der Waals surface area (Å²) in [5, 5.41) is 9.98. The number of sulfonamides is 1. The van der Waals surface area contributed by atoms with Gasteiger partial charge in [0.2, 0.25) is 0 Å². The lowest BCUT2D eigenvalue weighted by molar-refractivity contribution is 0.0665. The zero-order chi connectivity index (χ0) is 26.0. The molecule has 0 spiro atoms. The fraction of sp³-hybridized carbons (Fsp3) is 0.208. The van der Waals surface area contributed by atoms with E-state index in [1.165, 1.54) is 18.1 Å².